The smallest absolute Gasteiger partial charge is 0.0999 e. The Morgan fingerprint density at radius 2 is 1.02 bits per heavy atom. The maximum absolute atomic E-state index is 10.4. The van der Waals surface area contributed by atoms with Gasteiger partial charge in [0.05, 0.1) is 34.9 Å². The molecule has 0 unspecified atom stereocenters. The Labute approximate surface area is 360 Å². The molecule has 7 rings (SSSR count). The van der Waals surface area contributed by atoms with Crippen molar-refractivity contribution in [3.63, 3.8) is 0 Å². The van der Waals surface area contributed by atoms with E-state index in [-0.39, 0.29) is 5.41 Å². The minimum Gasteiger partial charge on any atom is -0.192 e. The molecule has 0 N–H and O–H groups in total. The number of nitrogens with zero attached hydrogens (tertiary/aromatic N) is 3. The van der Waals surface area contributed by atoms with Crippen LogP contribution < -0.4 is 0 Å². The molecule has 4 aromatic carbocycles. The molecule has 0 spiro atoms. The lowest BCUT2D eigenvalue weighted by molar-refractivity contribution is 0.398. The van der Waals surface area contributed by atoms with Crippen LogP contribution in [0.2, 0.25) is 0 Å². The summed E-state index contributed by atoms with van der Waals surface area (Å²) in [4.78, 5) is 4.88. The van der Waals surface area contributed by atoms with Crippen LogP contribution in [0.1, 0.15) is 142 Å². The first-order valence-corrected chi connectivity index (χ1v) is 23.4. The normalized spacial score (nSPS) is 12.4. The van der Waals surface area contributed by atoms with Crippen molar-refractivity contribution in [3.8, 4) is 71.8 Å². The molecular formula is C54H55N3S2. The van der Waals surface area contributed by atoms with Crippen molar-refractivity contribution >= 4 is 22.7 Å². The molecule has 1 aliphatic carbocycles. The number of thiophene rings is 2. The Morgan fingerprint density at radius 3 is 1.63 bits per heavy atom. The molecule has 0 saturated heterocycles. The number of fused-ring (bicyclic) bond motifs is 3. The van der Waals surface area contributed by atoms with Gasteiger partial charge in [-0.05, 0) is 132 Å². The van der Waals surface area contributed by atoms with Crippen LogP contribution in [0, 0.1) is 47.8 Å². The van der Waals surface area contributed by atoms with Gasteiger partial charge in [-0.25, -0.2) is 0 Å². The first-order valence-electron chi connectivity index (χ1n) is 21.8. The summed E-state index contributed by atoms with van der Waals surface area (Å²) >= 11 is 3.57. The van der Waals surface area contributed by atoms with E-state index >= 15 is 0 Å². The van der Waals surface area contributed by atoms with Gasteiger partial charge in [0.15, 0.2) is 0 Å². The third-order valence-electron chi connectivity index (χ3n) is 12.4. The van der Waals surface area contributed by atoms with Crippen LogP contribution in [-0.2, 0) is 5.41 Å². The number of aryl methyl sites for hydroxylation is 2. The van der Waals surface area contributed by atoms with Gasteiger partial charge in [0.25, 0.3) is 0 Å². The van der Waals surface area contributed by atoms with Crippen LogP contribution >= 0.6 is 22.7 Å². The van der Waals surface area contributed by atoms with E-state index in [2.05, 4.69) is 125 Å². The lowest BCUT2D eigenvalue weighted by Gasteiger charge is -2.33. The topological polar surface area (TPSA) is 71.4 Å². The summed E-state index contributed by atoms with van der Waals surface area (Å²) in [6, 6.07) is 39.6. The van der Waals surface area contributed by atoms with Crippen molar-refractivity contribution in [3.05, 3.63) is 129 Å². The number of benzene rings is 4. The van der Waals surface area contributed by atoms with E-state index in [0.717, 1.165) is 40.0 Å². The average molecular weight is 810 g/mol. The fourth-order valence-corrected chi connectivity index (χ4v) is 11.3. The Bertz CT molecular complexity index is 2510. The monoisotopic (exact) mass is 809 g/mol. The maximum atomic E-state index is 10.4. The zero-order valence-corrected chi connectivity index (χ0v) is 36.9. The van der Waals surface area contributed by atoms with Crippen LogP contribution in [-0.4, -0.2) is 0 Å². The van der Waals surface area contributed by atoms with Crippen molar-refractivity contribution in [2.24, 2.45) is 0 Å². The number of hydrogen-bond donors (Lipinski definition) is 0. The summed E-state index contributed by atoms with van der Waals surface area (Å²) in [5.41, 5.74) is 12.6. The second-order valence-corrected chi connectivity index (χ2v) is 19.0. The molecule has 6 aromatic rings. The van der Waals surface area contributed by atoms with Gasteiger partial charge in [-0.2, -0.15) is 15.8 Å². The number of rotatable bonds is 18. The van der Waals surface area contributed by atoms with Crippen LogP contribution in [0.5, 0.6) is 0 Å². The van der Waals surface area contributed by atoms with Gasteiger partial charge in [-0.3, -0.25) is 0 Å². The predicted octanol–water partition coefficient (Wildman–Crippen LogP) is 16.5. The van der Waals surface area contributed by atoms with Gasteiger partial charge in [0.2, 0.25) is 0 Å². The molecule has 2 heterocycles. The molecule has 0 aliphatic heterocycles. The van der Waals surface area contributed by atoms with E-state index in [0.29, 0.717) is 22.3 Å². The van der Waals surface area contributed by atoms with E-state index in [9.17, 15) is 15.8 Å². The zero-order valence-electron chi connectivity index (χ0n) is 35.2. The quantitative estimate of drug-likeness (QED) is 0.0812. The Morgan fingerprint density at radius 1 is 0.475 bits per heavy atom. The summed E-state index contributed by atoms with van der Waals surface area (Å²) in [7, 11) is 0. The van der Waals surface area contributed by atoms with Crippen molar-refractivity contribution in [2.75, 3.05) is 0 Å². The third-order valence-corrected chi connectivity index (χ3v) is 14.7. The summed E-state index contributed by atoms with van der Waals surface area (Å²) < 4.78 is 0. The van der Waals surface area contributed by atoms with Crippen LogP contribution in [0.4, 0.5) is 0 Å². The van der Waals surface area contributed by atoms with Crippen molar-refractivity contribution < 1.29 is 0 Å². The highest BCUT2D eigenvalue weighted by atomic mass is 32.1. The molecule has 0 fully saturated rings. The van der Waals surface area contributed by atoms with E-state index < -0.39 is 0 Å². The van der Waals surface area contributed by atoms with Crippen LogP contribution in [0.3, 0.4) is 0 Å². The van der Waals surface area contributed by atoms with Crippen molar-refractivity contribution in [1.29, 1.82) is 15.8 Å². The molecule has 0 atom stereocenters. The van der Waals surface area contributed by atoms with Gasteiger partial charge in [0.1, 0.15) is 0 Å². The molecule has 1 aliphatic rings. The molecule has 59 heavy (non-hydrogen) atoms. The summed E-state index contributed by atoms with van der Waals surface area (Å²) in [6.45, 7) is 8.96. The highest BCUT2D eigenvalue weighted by molar-refractivity contribution is 7.23. The first-order chi connectivity index (χ1) is 28.8. The van der Waals surface area contributed by atoms with Gasteiger partial charge >= 0.3 is 0 Å². The largest absolute Gasteiger partial charge is 0.192 e. The fourth-order valence-electron chi connectivity index (χ4n) is 9.33. The van der Waals surface area contributed by atoms with Gasteiger partial charge in [-0.1, -0.05) is 127 Å². The standard InChI is InChI=1S/C54H55N3S2/c1-5-7-9-11-13-15-25-54(26-16-14-12-10-8-6-2)48-27-37(3)17-20-46(48)47-21-19-40(33-49(47)54)41-30-42(50-23-24-52(59-50)51-22-18-38(4)58-51)32-43(31-41)53-44(35-56)28-39(34-55)29-45(53)36-57/h17-24,27-33H,5-16,25-26H2,1-4H3. The van der Waals surface area contributed by atoms with E-state index in [4.69, 9.17) is 0 Å². The molecule has 0 saturated carbocycles. The first kappa shape index (κ1) is 41.9. The minimum absolute atomic E-state index is 0.0563. The Kier molecular flexibility index (Phi) is 13.6. The molecule has 0 bridgehead atoms. The maximum Gasteiger partial charge on any atom is 0.0999 e. The average Bonchev–Trinajstić information content (AvgIpc) is 3.99. The number of nitriles is 3. The molecular weight excluding hydrogens is 755 g/mol. The molecule has 5 heteroatoms. The van der Waals surface area contributed by atoms with Gasteiger partial charge in [0, 0.05) is 30.5 Å². The SMILES string of the molecule is CCCCCCCCC1(CCCCCCCC)c2cc(C)ccc2-c2ccc(-c3cc(-c4ccc(-c5ccc(C)s5)s4)cc(-c4c(C#N)cc(C#N)cc4C#N)c3)cc21. The highest BCUT2D eigenvalue weighted by Gasteiger charge is 2.42. The zero-order chi connectivity index (χ0) is 41.4. The second kappa shape index (κ2) is 19.2. The van der Waals surface area contributed by atoms with Crippen LogP contribution in [0.25, 0.3) is 53.6 Å². The van der Waals surface area contributed by atoms with Crippen molar-refractivity contribution in [2.45, 2.75) is 123 Å². The minimum atomic E-state index is -0.0563. The summed E-state index contributed by atoms with van der Waals surface area (Å²) in [5.74, 6) is 0. The molecule has 3 nitrogen and oxygen atoms in total. The lowest BCUT2D eigenvalue weighted by Crippen LogP contribution is -2.25. The second-order valence-electron chi connectivity index (χ2n) is 16.6. The van der Waals surface area contributed by atoms with E-state index in [1.165, 1.54) is 119 Å². The molecule has 0 amide bonds. The third kappa shape index (κ3) is 9.02. The molecule has 298 valence electrons. The lowest BCUT2D eigenvalue weighted by atomic mass is 9.70. The summed E-state index contributed by atoms with van der Waals surface area (Å²) in [6.07, 6.45) is 17.6. The van der Waals surface area contributed by atoms with Gasteiger partial charge < -0.3 is 0 Å². The predicted molar refractivity (Wildman–Crippen MR) is 250 cm³/mol. The summed E-state index contributed by atoms with van der Waals surface area (Å²) in [5, 5.41) is 30.5. The van der Waals surface area contributed by atoms with E-state index in [1.807, 2.05) is 0 Å². The van der Waals surface area contributed by atoms with E-state index in [1.54, 1.807) is 34.8 Å². The highest BCUT2D eigenvalue weighted by Crippen LogP contribution is 2.55. The number of unbranched alkanes of at least 4 members (excludes halogenated alkanes) is 10. The fraction of sp³-hybridized carbons (Fsp3) is 0.352. The Hall–Kier alpha value is -5.25. The Balaban J connectivity index is 1.38. The van der Waals surface area contributed by atoms with Crippen LogP contribution in [0.15, 0.2) is 91.0 Å². The number of hydrogen-bond acceptors (Lipinski definition) is 5. The molecule has 2 aromatic heterocycles. The molecule has 0 radical (unpaired) electrons. The van der Waals surface area contributed by atoms with Crippen molar-refractivity contribution in [1.82, 2.24) is 0 Å². The van der Waals surface area contributed by atoms with Gasteiger partial charge in [-0.15, -0.1) is 22.7 Å².